The zero-order valence-corrected chi connectivity index (χ0v) is 13.3. The third-order valence-corrected chi connectivity index (χ3v) is 4.20. The van der Waals surface area contributed by atoms with Gasteiger partial charge in [0.2, 0.25) is 5.91 Å². The number of carbonyl (C=O) groups is 1. The molecule has 112 valence electrons. The van der Waals surface area contributed by atoms with Crippen LogP contribution >= 0.6 is 11.8 Å². The van der Waals surface area contributed by atoms with E-state index >= 15 is 0 Å². The normalized spacial score (nSPS) is 12.0. The summed E-state index contributed by atoms with van der Waals surface area (Å²) in [5.41, 5.74) is 0.738. The molecule has 0 bridgehead atoms. The number of nitrogens with zero attached hydrogens (tertiary/aromatic N) is 3. The zero-order chi connectivity index (χ0) is 15.4. The largest absolute Gasteiger partial charge is 0.497 e. The van der Waals surface area contributed by atoms with Crippen LogP contribution in [0.5, 0.6) is 5.75 Å². The number of amides is 1. The van der Waals surface area contributed by atoms with Gasteiger partial charge in [-0.15, -0.1) is 10.2 Å². The van der Waals surface area contributed by atoms with Crippen LogP contribution in [0.3, 0.4) is 0 Å². The Morgan fingerprint density at radius 1 is 1.33 bits per heavy atom. The number of aryl methyl sites for hydroxylation is 1. The average molecular weight is 306 g/mol. The average Bonchev–Trinajstić information content (AvgIpc) is 2.80. The Hall–Kier alpha value is -2.02. The molecule has 7 heteroatoms. The molecule has 0 saturated carbocycles. The second-order valence-corrected chi connectivity index (χ2v) is 5.87. The van der Waals surface area contributed by atoms with Crippen LogP contribution in [0.1, 0.15) is 12.7 Å². The van der Waals surface area contributed by atoms with Gasteiger partial charge in [-0.25, -0.2) is 0 Å². The number of hydrogen-bond acceptors (Lipinski definition) is 5. The van der Waals surface area contributed by atoms with Crippen LogP contribution in [-0.4, -0.2) is 33.0 Å². The van der Waals surface area contributed by atoms with Gasteiger partial charge in [0.25, 0.3) is 0 Å². The third-order valence-electron chi connectivity index (χ3n) is 3.06. The lowest BCUT2D eigenvalue weighted by Crippen LogP contribution is -2.22. The van der Waals surface area contributed by atoms with Crippen molar-refractivity contribution in [2.45, 2.75) is 24.3 Å². The standard InChI is InChI=1S/C14H18N4O2S/c1-9(21-14-17-16-10(2)18(14)3)13(19)15-11-5-7-12(20-4)8-6-11/h5-9H,1-4H3,(H,15,19)/t9-/m0/s1. The Bertz CT molecular complexity index is 624. The molecule has 0 fully saturated rings. The highest BCUT2D eigenvalue weighted by molar-refractivity contribution is 8.00. The number of ether oxygens (including phenoxy) is 1. The lowest BCUT2D eigenvalue weighted by molar-refractivity contribution is -0.115. The van der Waals surface area contributed by atoms with Gasteiger partial charge in [0.1, 0.15) is 11.6 Å². The molecule has 1 aromatic carbocycles. The number of rotatable bonds is 5. The monoisotopic (exact) mass is 306 g/mol. The van der Waals surface area contributed by atoms with E-state index in [-0.39, 0.29) is 11.2 Å². The summed E-state index contributed by atoms with van der Waals surface area (Å²) in [4.78, 5) is 12.2. The molecule has 0 aliphatic carbocycles. The van der Waals surface area contributed by atoms with Gasteiger partial charge in [0.15, 0.2) is 5.16 Å². The lowest BCUT2D eigenvalue weighted by atomic mass is 10.3. The predicted molar refractivity (Wildman–Crippen MR) is 82.7 cm³/mol. The number of aromatic nitrogens is 3. The van der Waals surface area contributed by atoms with E-state index in [0.717, 1.165) is 22.4 Å². The van der Waals surface area contributed by atoms with E-state index < -0.39 is 0 Å². The van der Waals surface area contributed by atoms with E-state index in [2.05, 4.69) is 15.5 Å². The van der Waals surface area contributed by atoms with Crippen molar-refractivity contribution in [2.24, 2.45) is 7.05 Å². The first-order valence-electron chi connectivity index (χ1n) is 6.49. The number of thioether (sulfide) groups is 1. The summed E-state index contributed by atoms with van der Waals surface area (Å²) in [5, 5.41) is 11.3. The molecule has 0 spiro atoms. The van der Waals surface area contributed by atoms with Crippen LogP contribution in [0.25, 0.3) is 0 Å². The first-order valence-corrected chi connectivity index (χ1v) is 7.37. The fourth-order valence-electron chi connectivity index (χ4n) is 1.62. The van der Waals surface area contributed by atoms with Gasteiger partial charge in [0.05, 0.1) is 12.4 Å². The number of carbonyl (C=O) groups excluding carboxylic acids is 1. The number of hydrogen-bond donors (Lipinski definition) is 1. The predicted octanol–water partition coefficient (Wildman–Crippen LogP) is 2.25. The Labute approximate surface area is 127 Å². The van der Waals surface area contributed by atoms with Crippen LogP contribution in [0.4, 0.5) is 5.69 Å². The van der Waals surface area contributed by atoms with Gasteiger partial charge in [-0.2, -0.15) is 0 Å². The van der Waals surface area contributed by atoms with Crippen molar-refractivity contribution in [3.63, 3.8) is 0 Å². The number of nitrogens with one attached hydrogen (secondary N) is 1. The molecule has 1 heterocycles. The minimum Gasteiger partial charge on any atom is -0.497 e. The minimum absolute atomic E-state index is 0.0779. The second-order valence-electron chi connectivity index (χ2n) is 4.57. The molecule has 1 aromatic heterocycles. The van der Waals surface area contributed by atoms with Gasteiger partial charge in [-0.05, 0) is 38.1 Å². The summed E-state index contributed by atoms with van der Waals surface area (Å²) in [6.45, 7) is 3.71. The van der Waals surface area contributed by atoms with Crippen molar-refractivity contribution in [1.29, 1.82) is 0 Å². The van der Waals surface area contributed by atoms with E-state index in [0.29, 0.717) is 0 Å². The zero-order valence-electron chi connectivity index (χ0n) is 12.5. The molecule has 0 aliphatic heterocycles. The van der Waals surface area contributed by atoms with Gasteiger partial charge < -0.3 is 14.6 Å². The fourth-order valence-corrected chi connectivity index (χ4v) is 2.48. The smallest absolute Gasteiger partial charge is 0.237 e. The Balaban J connectivity index is 1.97. The molecule has 0 aliphatic rings. The van der Waals surface area contributed by atoms with Crippen molar-refractivity contribution < 1.29 is 9.53 Å². The summed E-state index contributed by atoms with van der Waals surface area (Å²) in [6, 6.07) is 7.22. The summed E-state index contributed by atoms with van der Waals surface area (Å²) < 4.78 is 6.94. The Kier molecular flexibility index (Phi) is 4.85. The maximum Gasteiger partial charge on any atom is 0.237 e. The molecule has 21 heavy (non-hydrogen) atoms. The molecule has 1 amide bonds. The van der Waals surface area contributed by atoms with Gasteiger partial charge in [0, 0.05) is 12.7 Å². The summed E-state index contributed by atoms with van der Waals surface area (Å²) in [7, 11) is 3.49. The van der Waals surface area contributed by atoms with Crippen molar-refractivity contribution in [2.75, 3.05) is 12.4 Å². The van der Waals surface area contributed by atoms with E-state index in [9.17, 15) is 4.79 Å². The number of benzene rings is 1. The first kappa shape index (κ1) is 15.4. The SMILES string of the molecule is COc1ccc(NC(=O)[C@H](C)Sc2nnc(C)n2C)cc1. The van der Waals surface area contributed by atoms with Crippen LogP contribution in [0.15, 0.2) is 29.4 Å². The van der Waals surface area contributed by atoms with Crippen LogP contribution < -0.4 is 10.1 Å². The maximum absolute atomic E-state index is 12.2. The fraction of sp³-hybridized carbons (Fsp3) is 0.357. The van der Waals surface area contributed by atoms with E-state index in [1.165, 1.54) is 11.8 Å². The van der Waals surface area contributed by atoms with Crippen LogP contribution in [-0.2, 0) is 11.8 Å². The Morgan fingerprint density at radius 3 is 2.52 bits per heavy atom. The molecule has 6 nitrogen and oxygen atoms in total. The number of anilines is 1. The highest BCUT2D eigenvalue weighted by atomic mass is 32.2. The summed E-state index contributed by atoms with van der Waals surface area (Å²) in [6.07, 6.45) is 0. The molecule has 2 rings (SSSR count). The molecule has 0 unspecified atom stereocenters. The Morgan fingerprint density at radius 2 is 2.00 bits per heavy atom. The van der Waals surface area contributed by atoms with Crippen LogP contribution in [0, 0.1) is 6.92 Å². The molecule has 0 radical (unpaired) electrons. The van der Waals surface area contributed by atoms with Crippen molar-refractivity contribution in [3.8, 4) is 5.75 Å². The summed E-state index contributed by atoms with van der Waals surface area (Å²) >= 11 is 1.38. The number of methoxy groups -OCH3 is 1. The molecular formula is C14H18N4O2S. The molecule has 2 aromatic rings. The highest BCUT2D eigenvalue weighted by Gasteiger charge is 2.18. The van der Waals surface area contributed by atoms with Crippen LogP contribution in [0.2, 0.25) is 0 Å². The minimum atomic E-state index is -0.269. The molecule has 0 saturated heterocycles. The molecular weight excluding hydrogens is 288 g/mol. The van der Waals surface area contributed by atoms with E-state index in [1.54, 1.807) is 31.4 Å². The van der Waals surface area contributed by atoms with Gasteiger partial charge in [-0.3, -0.25) is 4.79 Å². The van der Waals surface area contributed by atoms with Gasteiger partial charge >= 0.3 is 0 Å². The van der Waals surface area contributed by atoms with E-state index in [4.69, 9.17) is 4.74 Å². The highest BCUT2D eigenvalue weighted by Crippen LogP contribution is 2.23. The van der Waals surface area contributed by atoms with E-state index in [1.807, 2.05) is 25.5 Å². The molecule has 1 atom stereocenters. The quantitative estimate of drug-likeness (QED) is 0.858. The summed E-state index contributed by atoms with van der Waals surface area (Å²) in [5.74, 6) is 1.50. The van der Waals surface area contributed by atoms with Crippen molar-refractivity contribution >= 4 is 23.4 Å². The van der Waals surface area contributed by atoms with Gasteiger partial charge in [-0.1, -0.05) is 11.8 Å². The lowest BCUT2D eigenvalue weighted by Gasteiger charge is -2.11. The third kappa shape index (κ3) is 3.75. The molecule has 1 N–H and O–H groups in total. The van der Waals surface area contributed by atoms with Crippen molar-refractivity contribution in [3.05, 3.63) is 30.1 Å². The van der Waals surface area contributed by atoms with Crippen molar-refractivity contribution in [1.82, 2.24) is 14.8 Å². The topological polar surface area (TPSA) is 69.0 Å². The second kappa shape index (κ2) is 6.62. The first-order chi connectivity index (χ1) is 10.0. The maximum atomic E-state index is 12.2.